The summed E-state index contributed by atoms with van der Waals surface area (Å²) in [4.78, 5) is 10.0. The molecule has 8 fully saturated rings. The lowest BCUT2D eigenvalue weighted by Gasteiger charge is -2.63. The van der Waals surface area contributed by atoms with Crippen molar-refractivity contribution >= 4 is 5.97 Å². The minimum atomic E-state index is -1.14. The van der Waals surface area contributed by atoms with E-state index in [0.29, 0.717) is 35.7 Å². The molecule has 8 rings (SSSR count). The molecule has 0 bridgehead atoms. The first-order chi connectivity index (χ1) is 21.6. The van der Waals surface area contributed by atoms with Crippen molar-refractivity contribution in [2.24, 2.45) is 50.7 Å². The average Bonchev–Trinajstić information content (AvgIpc) is 3.26. The van der Waals surface area contributed by atoms with Gasteiger partial charge in [-0.2, -0.15) is 0 Å². The standard InChI is InChI=1S/C34H57NO5.C4H6O2/c1-20-16-21(28(36)30(4,5)37)39-22-17-32(7)24-9-8-23-29(2,3)25(40-26-18-35-14-15-38-26)10-11-33(23)19-34(24,33)13-12-31(32,6)27(20)22;5-4-2-1-3-6-4/h20-28,35-37H,8-19H2,1-7H3;1-3H2/t20-,21?,22?,23?,24+,25+,26?,27?,28+,31-,32+,33-,34+;/m1./s1. The summed E-state index contributed by atoms with van der Waals surface area (Å²) in [7, 11) is 0. The fourth-order valence-corrected chi connectivity index (χ4v) is 13.5. The molecule has 3 aliphatic heterocycles. The van der Waals surface area contributed by atoms with Crippen molar-refractivity contribution in [1.29, 1.82) is 0 Å². The van der Waals surface area contributed by atoms with Crippen LogP contribution in [0.4, 0.5) is 0 Å². The lowest BCUT2D eigenvalue weighted by atomic mass is 9.41. The van der Waals surface area contributed by atoms with Crippen LogP contribution >= 0.6 is 0 Å². The van der Waals surface area contributed by atoms with Crippen molar-refractivity contribution in [2.45, 2.75) is 155 Å². The van der Waals surface area contributed by atoms with E-state index >= 15 is 0 Å². The van der Waals surface area contributed by atoms with Crippen molar-refractivity contribution in [3.63, 3.8) is 0 Å². The van der Waals surface area contributed by atoms with E-state index in [-0.39, 0.29) is 46.8 Å². The first kappa shape index (κ1) is 33.7. The van der Waals surface area contributed by atoms with Crippen LogP contribution < -0.4 is 5.32 Å². The molecular weight excluding hydrogens is 582 g/mol. The van der Waals surface area contributed by atoms with Crippen molar-refractivity contribution in [2.75, 3.05) is 26.3 Å². The number of nitrogens with one attached hydrogen (secondary N) is 1. The van der Waals surface area contributed by atoms with E-state index in [9.17, 15) is 15.0 Å². The number of carbonyl (C=O) groups is 1. The minimum Gasteiger partial charge on any atom is -0.466 e. The van der Waals surface area contributed by atoms with Crippen LogP contribution in [0.3, 0.4) is 0 Å². The molecular formula is C38H63NO7. The molecule has 0 aromatic rings. The zero-order valence-electron chi connectivity index (χ0n) is 29.7. The first-order valence-corrected chi connectivity index (χ1v) is 18.8. The van der Waals surface area contributed by atoms with E-state index in [1.165, 1.54) is 38.5 Å². The van der Waals surface area contributed by atoms with Crippen LogP contribution in [0.2, 0.25) is 0 Å². The zero-order chi connectivity index (χ0) is 32.9. The minimum absolute atomic E-state index is 0.0463. The predicted molar refractivity (Wildman–Crippen MR) is 175 cm³/mol. The summed E-state index contributed by atoms with van der Waals surface area (Å²) >= 11 is 0. The van der Waals surface area contributed by atoms with Gasteiger partial charge in [0.05, 0.1) is 37.1 Å². The number of morpholine rings is 1. The number of aliphatic hydroxyl groups excluding tert-OH is 1. The van der Waals surface area contributed by atoms with Gasteiger partial charge in [0.2, 0.25) is 0 Å². The van der Waals surface area contributed by atoms with Crippen LogP contribution in [0.15, 0.2) is 0 Å². The Morgan fingerprint density at radius 2 is 1.74 bits per heavy atom. The Balaban J connectivity index is 0.000000508. The van der Waals surface area contributed by atoms with Gasteiger partial charge in [-0.05, 0) is 129 Å². The molecule has 8 nitrogen and oxygen atoms in total. The smallest absolute Gasteiger partial charge is 0.305 e. The van der Waals surface area contributed by atoms with Crippen LogP contribution in [0, 0.1) is 50.7 Å². The van der Waals surface area contributed by atoms with Gasteiger partial charge in [-0.25, -0.2) is 0 Å². The largest absolute Gasteiger partial charge is 0.466 e. The third kappa shape index (κ3) is 4.92. The summed E-state index contributed by atoms with van der Waals surface area (Å²) < 4.78 is 24.0. The molecule has 8 heteroatoms. The SMILES string of the molecule is C[C@@H]1CC([C@H](O)C(C)(C)O)OC2C[C@@]3(C)[C@@H]4CCC5C(C)(C)[C@@H](OC6CNCCO6)CC[C@@]56C[C@@]46CC[C@]3(C)C21.O=C1CCCO1. The summed E-state index contributed by atoms with van der Waals surface area (Å²) in [5.41, 5.74) is 0.519. The highest BCUT2D eigenvalue weighted by Gasteiger charge is 2.83. The fraction of sp³-hybridized carbons (Fsp3) is 0.974. The molecule has 0 amide bonds. The van der Waals surface area contributed by atoms with Gasteiger partial charge in [0, 0.05) is 19.5 Å². The third-order valence-corrected chi connectivity index (χ3v) is 15.7. The molecule has 13 atom stereocenters. The van der Waals surface area contributed by atoms with Crippen LogP contribution in [-0.2, 0) is 23.7 Å². The van der Waals surface area contributed by atoms with Crippen LogP contribution in [0.1, 0.15) is 119 Å². The molecule has 0 aromatic carbocycles. The van der Waals surface area contributed by atoms with E-state index in [4.69, 9.17) is 14.2 Å². The molecule has 5 aliphatic carbocycles. The number of aliphatic hydroxyl groups is 2. The molecule has 0 radical (unpaired) electrons. The second kappa shape index (κ2) is 11.4. The van der Waals surface area contributed by atoms with Gasteiger partial charge in [-0.3, -0.25) is 4.79 Å². The molecule has 2 spiro atoms. The molecule has 262 valence electrons. The summed E-state index contributed by atoms with van der Waals surface area (Å²) in [5.74, 6) is 2.47. The molecule has 3 saturated heterocycles. The molecule has 46 heavy (non-hydrogen) atoms. The maximum absolute atomic E-state index is 11.0. The Morgan fingerprint density at radius 3 is 2.37 bits per heavy atom. The molecule has 0 aromatic heterocycles. The number of hydrogen-bond acceptors (Lipinski definition) is 8. The lowest BCUT2D eigenvalue weighted by molar-refractivity contribution is -0.235. The van der Waals surface area contributed by atoms with E-state index < -0.39 is 11.7 Å². The molecule has 5 unspecified atom stereocenters. The maximum Gasteiger partial charge on any atom is 0.305 e. The van der Waals surface area contributed by atoms with Gasteiger partial charge in [-0.1, -0.05) is 34.6 Å². The van der Waals surface area contributed by atoms with Gasteiger partial charge in [0.15, 0.2) is 6.29 Å². The van der Waals surface area contributed by atoms with Crippen molar-refractivity contribution in [3.05, 3.63) is 0 Å². The summed E-state index contributed by atoms with van der Waals surface area (Å²) in [6.45, 7) is 19.2. The number of fused-ring (bicyclic) bond motifs is 4. The number of cyclic esters (lactones) is 1. The van der Waals surface area contributed by atoms with E-state index in [1.54, 1.807) is 13.8 Å². The Labute approximate surface area is 277 Å². The zero-order valence-corrected chi connectivity index (χ0v) is 29.7. The number of ether oxygens (including phenoxy) is 4. The lowest BCUT2D eigenvalue weighted by Crippen LogP contribution is -2.59. The Kier molecular flexibility index (Phi) is 8.34. The summed E-state index contributed by atoms with van der Waals surface area (Å²) in [5, 5.41) is 25.0. The quantitative estimate of drug-likeness (QED) is 0.339. The van der Waals surface area contributed by atoms with Gasteiger partial charge < -0.3 is 34.5 Å². The number of rotatable bonds is 4. The Hall–Kier alpha value is -0.770. The first-order valence-electron chi connectivity index (χ1n) is 18.8. The molecule has 8 aliphatic rings. The monoisotopic (exact) mass is 645 g/mol. The summed E-state index contributed by atoms with van der Waals surface area (Å²) in [6, 6.07) is 0. The average molecular weight is 646 g/mol. The highest BCUT2D eigenvalue weighted by Crippen LogP contribution is 2.89. The van der Waals surface area contributed by atoms with Gasteiger partial charge >= 0.3 is 5.97 Å². The Bertz CT molecular complexity index is 1160. The molecule has 3 heterocycles. The van der Waals surface area contributed by atoms with Crippen LogP contribution in [0.25, 0.3) is 0 Å². The van der Waals surface area contributed by atoms with E-state index in [0.717, 1.165) is 57.2 Å². The van der Waals surface area contributed by atoms with E-state index in [2.05, 4.69) is 44.7 Å². The van der Waals surface area contributed by atoms with Gasteiger partial charge in [0.1, 0.15) is 6.10 Å². The highest BCUT2D eigenvalue weighted by molar-refractivity contribution is 5.70. The van der Waals surface area contributed by atoms with Gasteiger partial charge in [-0.15, -0.1) is 0 Å². The number of carbonyl (C=O) groups excluding carboxylic acids is 1. The third-order valence-electron chi connectivity index (χ3n) is 15.7. The fourth-order valence-electron chi connectivity index (χ4n) is 13.5. The number of esters is 1. The highest BCUT2D eigenvalue weighted by atomic mass is 16.7. The molecule has 3 N–H and O–H groups in total. The van der Waals surface area contributed by atoms with Crippen molar-refractivity contribution in [1.82, 2.24) is 5.32 Å². The van der Waals surface area contributed by atoms with Gasteiger partial charge in [0.25, 0.3) is 0 Å². The second-order valence-corrected chi connectivity index (χ2v) is 18.6. The van der Waals surface area contributed by atoms with Crippen molar-refractivity contribution in [3.8, 4) is 0 Å². The normalized spacial score (nSPS) is 51.2. The van der Waals surface area contributed by atoms with Crippen LogP contribution in [0.5, 0.6) is 0 Å². The second-order valence-electron chi connectivity index (χ2n) is 18.6. The van der Waals surface area contributed by atoms with Crippen LogP contribution in [-0.4, -0.2) is 78.8 Å². The predicted octanol–water partition coefficient (Wildman–Crippen LogP) is 5.62. The summed E-state index contributed by atoms with van der Waals surface area (Å²) in [6.07, 6.45) is 12.0. The Morgan fingerprint density at radius 1 is 1.00 bits per heavy atom. The van der Waals surface area contributed by atoms with E-state index in [1.807, 2.05) is 0 Å². The number of hydrogen-bond donors (Lipinski definition) is 3. The molecule has 5 saturated carbocycles. The maximum atomic E-state index is 11.0. The topological polar surface area (TPSA) is 106 Å². The van der Waals surface area contributed by atoms with Crippen molar-refractivity contribution < 1.29 is 34.0 Å².